The molecule has 5 saturated carbocycles. The Hall–Kier alpha value is -1.18. The van der Waals surface area contributed by atoms with Crippen molar-refractivity contribution in [3.63, 3.8) is 0 Å². The molecule has 0 radical (unpaired) electrons. The van der Waals surface area contributed by atoms with E-state index in [4.69, 9.17) is 14.2 Å². The Labute approximate surface area is 246 Å². The summed E-state index contributed by atoms with van der Waals surface area (Å²) in [6, 6.07) is 0. The third-order valence-electron chi connectivity index (χ3n) is 14.4. The molecule has 0 amide bonds. The van der Waals surface area contributed by atoms with E-state index < -0.39 is 29.9 Å². The maximum Gasteiger partial charge on any atom is 0.303 e. The van der Waals surface area contributed by atoms with Crippen molar-refractivity contribution in [1.29, 1.82) is 0 Å². The molecule has 0 bridgehead atoms. The fourth-order valence-electron chi connectivity index (χ4n) is 12.8. The largest absolute Gasteiger partial charge is 0.462 e. The lowest BCUT2D eigenvalue weighted by Gasteiger charge is -2.63. The number of carbonyl (C=O) groups is 2. The van der Waals surface area contributed by atoms with Gasteiger partial charge in [0.1, 0.15) is 6.10 Å². The van der Waals surface area contributed by atoms with Crippen molar-refractivity contribution in [1.82, 2.24) is 0 Å². The van der Waals surface area contributed by atoms with Crippen molar-refractivity contribution in [3.05, 3.63) is 0 Å². The van der Waals surface area contributed by atoms with Crippen LogP contribution in [0.25, 0.3) is 0 Å². The van der Waals surface area contributed by atoms with Crippen molar-refractivity contribution >= 4 is 11.9 Å². The maximum absolute atomic E-state index is 12.4. The molecule has 1 aliphatic heterocycles. The Morgan fingerprint density at radius 3 is 2.20 bits per heavy atom. The molecule has 6 fully saturated rings. The van der Waals surface area contributed by atoms with Crippen LogP contribution in [0.5, 0.6) is 0 Å². The highest BCUT2D eigenvalue weighted by Gasteiger charge is 2.84. The van der Waals surface area contributed by atoms with E-state index >= 15 is 0 Å². The van der Waals surface area contributed by atoms with E-state index in [-0.39, 0.29) is 57.1 Å². The lowest BCUT2D eigenvalue weighted by atomic mass is 9.41. The summed E-state index contributed by atoms with van der Waals surface area (Å²) in [5, 5.41) is 23.3. The molecule has 2 N–H and O–H groups in total. The second-order valence-corrected chi connectivity index (χ2v) is 16.8. The first-order valence-corrected chi connectivity index (χ1v) is 16.3. The lowest BCUT2D eigenvalue weighted by Crippen LogP contribution is -2.60. The molecule has 0 aromatic carbocycles. The van der Waals surface area contributed by atoms with Gasteiger partial charge in [0.05, 0.1) is 23.9 Å². The van der Waals surface area contributed by atoms with E-state index in [0.717, 1.165) is 32.1 Å². The van der Waals surface area contributed by atoms with E-state index in [1.807, 2.05) is 0 Å². The molecule has 6 aliphatic rings. The summed E-state index contributed by atoms with van der Waals surface area (Å²) in [5.41, 5.74) is -1.17. The Morgan fingerprint density at radius 1 is 0.951 bits per heavy atom. The van der Waals surface area contributed by atoms with E-state index in [1.54, 1.807) is 13.8 Å². The molecule has 2 spiro atoms. The fourth-order valence-corrected chi connectivity index (χ4v) is 12.8. The fraction of sp³-hybridized carbons (Fsp3) is 0.941. The highest BCUT2D eigenvalue weighted by Crippen LogP contribution is 2.89. The summed E-state index contributed by atoms with van der Waals surface area (Å²) in [7, 11) is 0. The first-order chi connectivity index (χ1) is 18.9. The number of hydrogen-bond acceptors (Lipinski definition) is 7. The zero-order valence-corrected chi connectivity index (χ0v) is 26.8. The van der Waals surface area contributed by atoms with Crippen LogP contribution in [0.1, 0.15) is 114 Å². The lowest BCUT2D eigenvalue weighted by molar-refractivity contribution is -0.216. The van der Waals surface area contributed by atoms with Crippen LogP contribution in [0.2, 0.25) is 0 Å². The Balaban J connectivity index is 1.32. The van der Waals surface area contributed by atoms with Gasteiger partial charge >= 0.3 is 11.9 Å². The van der Waals surface area contributed by atoms with Crippen LogP contribution in [-0.2, 0) is 23.8 Å². The quantitative estimate of drug-likeness (QED) is 0.432. The SMILES string of the molecule is CC(=O)O[C@H]1CC[C@]23C[C@]24CC[C@]2(C)[C@@H]5[C@H](O[C@H]([C@H](OC(C)=O)C(C)(C)O)C[C@H]5C)[C@H](O)[C@@]2(C)[C@@H]4CC[C@H]3C1(C)C. The van der Waals surface area contributed by atoms with Gasteiger partial charge in [0, 0.05) is 24.7 Å². The third-order valence-corrected chi connectivity index (χ3v) is 14.4. The summed E-state index contributed by atoms with van der Waals surface area (Å²) in [5.74, 6) is 0.799. The minimum absolute atomic E-state index is 0.0265. The van der Waals surface area contributed by atoms with E-state index in [9.17, 15) is 19.8 Å². The second-order valence-electron chi connectivity index (χ2n) is 16.8. The molecule has 6 rings (SSSR count). The predicted molar refractivity (Wildman–Crippen MR) is 154 cm³/mol. The molecule has 7 heteroatoms. The van der Waals surface area contributed by atoms with E-state index in [0.29, 0.717) is 18.3 Å². The molecule has 7 nitrogen and oxygen atoms in total. The number of aliphatic hydroxyl groups excluding tert-OH is 1. The number of fused-ring (bicyclic) bond motifs is 4. The average Bonchev–Trinajstić information content (AvgIpc) is 3.48. The zero-order valence-electron chi connectivity index (χ0n) is 26.8. The van der Waals surface area contributed by atoms with Crippen molar-refractivity contribution in [3.8, 4) is 0 Å². The molecule has 0 aromatic rings. The van der Waals surface area contributed by atoms with Crippen LogP contribution in [-0.4, -0.2) is 58.3 Å². The average molecular weight is 575 g/mol. The Morgan fingerprint density at radius 2 is 1.59 bits per heavy atom. The van der Waals surface area contributed by atoms with Crippen LogP contribution in [0.3, 0.4) is 0 Å². The second kappa shape index (κ2) is 8.94. The normalized spacial score (nSPS) is 52.1. The topological polar surface area (TPSA) is 102 Å². The van der Waals surface area contributed by atoms with Gasteiger partial charge in [-0.05, 0) is 105 Å². The summed E-state index contributed by atoms with van der Waals surface area (Å²) < 4.78 is 18.3. The van der Waals surface area contributed by atoms with Gasteiger partial charge in [-0.1, -0.05) is 34.6 Å². The number of ether oxygens (including phenoxy) is 3. The molecule has 1 saturated heterocycles. The minimum Gasteiger partial charge on any atom is -0.462 e. The number of rotatable bonds is 4. The van der Waals surface area contributed by atoms with Gasteiger partial charge in [0.2, 0.25) is 0 Å². The van der Waals surface area contributed by atoms with Crippen molar-refractivity contribution < 1.29 is 34.0 Å². The van der Waals surface area contributed by atoms with E-state index in [2.05, 4.69) is 34.6 Å². The van der Waals surface area contributed by atoms with Crippen molar-refractivity contribution in [2.45, 2.75) is 150 Å². The van der Waals surface area contributed by atoms with Gasteiger partial charge in [-0.3, -0.25) is 9.59 Å². The van der Waals surface area contributed by atoms with Crippen LogP contribution >= 0.6 is 0 Å². The van der Waals surface area contributed by atoms with Gasteiger partial charge in [-0.15, -0.1) is 0 Å². The number of hydrogen-bond donors (Lipinski definition) is 2. The molecular weight excluding hydrogens is 520 g/mol. The molecule has 41 heavy (non-hydrogen) atoms. The highest BCUT2D eigenvalue weighted by molar-refractivity contribution is 5.66. The van der Waals surface area contributed by atoms with Crippen LogP contribution in [0.4, 0.5) is 0 Å². The molecule has 232 valence electrons. The predicted octanol–water partition coefficient (Wildman–Crippen LogP) is 5.43. The van der Waals surface area contributed by atoms with Crippen LogP contribution < -0.4 is 0 Å². The Bertz CT molecular complexity index is 1110. The van der Waals surface area contributed by atoms with E-state index in [1.165, 1.54) is 26.7 Å². The first kappa shape index (κ1) is 29.9. The van der Waals surface area contributed by atoms with Crippen molar-refractivity contribution in [2.75, 3.05) is 0 Å². The molecular formula is C34H54O7. The maximum atomic E-state index is 12.4. The van der Waals surface area contributed by atoms with Crippen LogP contribution in [0.15, 0.2) is 0 Å². The Kier molecular flexibility index (Phi) is 6.51. The highest BCUT2D eigenvalue weighted by atomic mass is 16.6. The van der Waals surface area contributed by atoms with Gasteiger partial charge < -0.3 is 24.4 Å². The number of carbonyl (C=O) groups excluding carboxylic acids is 2. The summed E-state index contributed by atoms with van der Waals surface area (Å²) >= 11 is 0. The summed E-state index contributed by atoms with van der Waals surface area (Å²) in [6.07, 6.45) is 6.17. The molecule has 5 aliphatic carbocycles. The molecule has 0 unspecified atom stereocenters. The summed E-state index contributed by atoms with van der Waals surface area (Å²) in [6.45, 7) is 17.9. The first-order valence-electron chi connectivity index (χ1n) is 16.3. The minimum atomic E-state index is -1.26. The van der Waals surface area contributed by atoms with Gasteiger partial charge in [-0.25, -0.2) is 0 Å². The molecule has 0 aromatic heterocycles. The third kappa shape index (κ3) is 3.73. The smallest absolute Gasteiger partial charge is 0.303 e. The van der Waals surface area contributed by atoms with Crippen LogP contribution in [0, 0.1) is 50.7 Å². The summed E-state index contributed by atoms with van der Waals surface area (Å²) in [4.78, 5) is 23.9. The number of aliphatic hydroxyl groups is 2. The monoisotopic (exact) mass is 574 g/mol. The van der Waals surface area contributed by atoms with Gasteiger partial charge in [0.25, 0.3) is 0 Å². The molecule has 1 heterocycles. The number of esters is 2. The molecule has 13 atom stereocenters. The van der Waals surface area contributed by atoms with Gasteiger partial charge in [0.15, 0.2) is 6.10 Å². The van der Waals surface area contributed by atoms with Gasteiger partial charge in [-0.2, -0.15) is 0 Å². The standard InChI is InChI=1S/C34H54O7/c1-18-16-21(28(30(6,7)38)40-20(3)36)41-26-25(18)31(8)14-15-34-17-33(34)13-12-24(39-19(2)35)29(4,5)22(33)10-11-23(34)32(31,9)27(26)37/h18,21-28,37-38H,10-17H2,1-9H3/t18-,21+,22+,23+,24+,25+,26+,27+,28+,31-,32-,33-,34+/m1/s1. The zero-order chi connectivity index (χ0) is 30.1. The van der Waals surface area contributed by atoms with Crippen molar-refractivity contribution in [2.24, 2.45) is 50.7 Å².